The van der Waals surface area contributed by atoms with Crippen molar-refractivity contribution in [1.82, 2.24) is 5.06 Å². The van der Waals surface area contributed by atoms with Gasteiger partial charge in [-0.3, -0.25) is 9.63 Å². The van der Waals surface area contributed by atoms with Crippen molar-refractivity contribution in [1.29, 1.82) is 0 Å². The van der Waals surface area contributed by atoms with Crippen LogP contribution in [0.25, 0.3) is 0 Å². The second-order valence-corrected chi connectivity index (χ2v) is 13.5. The number of nitrogens with zero attached hydrogens (tertiary/aromatic N) is 1. The van der Waals surface area contributed by atoms with Gasteiger partial charge in [0.05, 0.1) is 13.2 Å². The normalized spacial score (nSPS) is 17.0. The van der Waals surface area contributed by atoms with Crippen molar-refractivity contribution in [3.8, 4) is 0 Å². The molecular weight excluding hydrogens is 354 g/mol. The van der Waals surface area contributed by atoms with Crippen LogP contribution >= 0.6 is 0 Å². The Hall–Kier alpha value is -1.17. The fourth-order valence-electron chi connectivity index (χ4n) is 2.41. The van der Waals surface area contributed by atoms with Gasteiger partial charge in [0.15, 0.2) is 8.32 Å². The molecule has 0 rings (SSSR count). The summed E-state index contributed by atoms with van der Waals surface area (Å²) >= 11 is 0. The number of carbonyl (C=O) groups excluding carboxylic acids is 1. The Morgan fingerprint density at radius 1 is 1.19 bits per heavy atom. The Balaban J connectivity index is 5.44. The number of allylic oxidation sites excluding steroid dienone is 4. The summed E-state index contributed by atoms with van der Waals surface area (Å²) in [5.41, 5.74) is 0. The molecule has 27 heavy (non-hydrogen) atoms. The van der Waals surface area contributed by atoms with E-state index in [9.17, 15) is 4.79 Å². The molecule has 0 fully saturated rings. The van der Waals surface area contributed by atoms with Crippen LogP contribution in [0.4, 0.5) is 0 Å². The highest BCUT2D eigenvalue weighted by molar-refractivity contribution is 6.74. The van der Waals surface area contributed by atoms with Crippen LogP contribution in [-0.2, 0) is 14.1 Å². The summed E-state index contributed by atoms with van der Waals surface area (Å²) < 4.78 is 6.78. The van der Waals surface area contributed by atoms with Gasteiger partial charge in [-0.15, -0.1) is 0 Å². The molecule has 156 valence electrons. The highest BCUT2D eigenvalue weighted by Crippen LogP contribution is 2.39. The molecule has 0 heterocycles. The van der Waals surface area contributed by atoms with Crippen molar-refractivity contribution in [2.45, 2.75) is 72.2 Å². The van der Waals surface area contributed by atoms with Gasteiger partial charge in [-0.2, -0.15) is 0 Å². The standard InChI is InChI=1S/C22H41NO3Si/c1-11-12-13-14-15-18(2)21(26-27(9,10)22(4,5)6)19(3)16-17-20(24)23(7)25-8/h11-14,16-19,21H,15H2,1-10H3. The lowest BCUT2D eigenvalue weighted by Crippen LogP contribution is -2.47. The Kier molecular flexibility index (Phi) is 11.1. The third-order valence-electron chi connectivity index (χ3n) is 5.39. The van der Waals surface area contributed by atoms with Crippen LogP contribution in [0.5, 0.6) is 0 Å². The maximum atomic E-state index is 12.0. The van der Waals surface area contributed by atoms with Crippen LogP contribution in [0, 0.1) is 11.8 Å². The summed E-state index contributed by atoms with van der Waals surface area (Å²) in [5, 5.41) is 1.36. The topological polar surface area (TPSA) is 38.8 Å². The van der Waals surface area contributed by atoms with Gasteiger partial charge in [0, 0.05) is 13.1 Å². The van der Waals surface area contributed by atoms with Crippen LogP contribution in [0.3, 0.4) is 0 Å². The van der Waals surface area contributed by atoms with Crippen LogP contribution in [0.1, 0.15) is 48.0 Å². The fraction of sp³-hybridized carbons (Fsp3) is 0.682. The van der Waals surface area contributed by atoms with Crippen molar-refractivity contribution in [3.63, 3.8) is 0 Å². The van der Waals surface area contributed by atoms with Crippen molar-refractivity contribution < 1.29 is 14.1 Å². The molecule has 3 unspecified atom stereocenters. The zero-order valence-electron chi connectivity index (χ0n) is 19.1. The zero-order valence-corrected chi connectivity index (χ0v) is 20.1. The van der Waals surface area contributed by atoms with Gasteiger partial charge in [-0.25, -0.2) is 5.06 Å². The van der Waals surface area contributed by atoms with Crippen molar-refractivity contribution in [3.05, 3.63) is 36.5 Å². The third-order valence-corrected chi connectivity index (χ3v) is 9.86. The molecule has 0 radical (unpaired) electrons. The molecule has 4 nitrogen and oxygen atoms in total. The molecular formula is C22H41NO3Si. The van der Waals surface area contributed by atoms with Crippen LogP contribution in [0.15, 0.2) is 36.5 Å². The molecule has 0 aliphatic carbocycles. The lowest BCUT2D eigenvalue weighted by Gasteiger charge is -2.42. The maximum absolute atomic E-state index is 12.0. The summed E-state index contributed by atoms with van der Waals surface area (Å²) in [6.07, 6.45) is 12.9. The summed E-state index contributed by atoms with van der Waals surface area (Å²) in [6, 6.07) is 0. The molecule has 0 saturated carbocycles. The number of carbonyl (C=O) groups is 1. The minimum atomic E-state index is -1.92. The predicted molar refractivity (Wildman–Crippen MR) is 118 cm³/mol. The van der Waals surface area contributed by atoms with E-state index in [1.165, 1.54) is 12.2 Å². The zero-order chi connectivity index (χ0) is 21.3. The SMILES string of the molecule is CC=CC=CCC(C)C(O[Si](C)(C)C(C)(C)C)C(C)C=CC(=O)N(C)OC. The average molecular weight is 396 g/mol. The van der Waals surface area contributed by atoms with Gasteiger partial charge in [0.1, 0.15) is 0 Å². The van der Waals surface area contributed by atoms with Crippen LogP contribution < -0.4 is 0 Å². The first-order valence-electron chi connectivity index (χ1n) is 9.83. The minimum absolute atomic E-state index is 0.0537. The van der Waals surface area contributed by atoms with E-state index in [0.29, 0.717) is 5.92 Å². The lowest BCUT2D eigenvalue weighted by molar-refractivity contribution is -0.162. The third kappa shape index (κ3) is 9.04. The highest BCUT2D eigenvalue weighted by atomic mass is 28.4. The van der Waals surface area contributed by atoms with Crippen LogP contribution in [-0.4, -0.2) is 39.5 Å². The summed E-state index contributed by atoms with van der Waals surface area (Å²) in [6.45, 7) is 17.7. The predicted octanol–water partition coefficient (Wildman–Crippen LogP) is 5.75. The number of amides is 1. The highest BCUT2D eigenvalue weighted by Gasteiger charge is 2.41. The van der Waals surface area contributed by atoms with Crippen LogP contribution in [0.2, 0.25) is 18.1 Å². The van der Waals surface area contributed by atoms with Crippen molar-refractivity contribution in [2.75, 3.05) is 14.2 Å². The van der Waals surface area contributed by atoms with E-state index in [1.807, 2.05) is 25.2 Å². The minimum Gasteiger partial charge on any atom is -0.413 e. The van der Waals surface area contributed by atoms with E-state index in [4.69, 9.17) is 9.26 Å². The Bertz CT molecular complexity index is 532. The molecule has 0 N–H and O–H groups in total. The number of hydrogen-bond donors (Lipinski definition) is 0. The number of hydroxylamine groups is 2. The molecule has 5 heteroatoms. The van der Waals surface area contributed by atoms with Gasteiger partial charge in [0.25, 0.3) is 5.91 Å². The van der Waals surface area contributed by atoms with E-state index in [0.717, 1.165) is 6.42 Å². The van der Waals surface area contributed by atoms with E-state index in [1.54, 1.807) is 13.1 Å². The molecule has 0 aromatic carbocycles. The largest absolute Gasteiger partial charge is 0.413 e. The molecule has 1 amide bonds. The first-order valence-corrected chi connectivity index (χ1v) is 12.7. The molecule has 0 aromatic heterocycles. The Morgan fingerprint density at radius 2 is 1.78 bits per heavy atom. The molecule has 0 aliphatic heterocycles. The van der Waals surface area contributed by atoms with E-state index >= 15 is 0 Å². The molecule has 0 saturated heterocycles. The van der Waals surface area contributed by atoms with E-state index in [-0.39, 0.29) is 23.0 Å². The molecule has 3 atom stereocenters. The molecule has 0 aromatic rings. The summed E-state index contributed by atoms with van der Waals surface area (Å²) in [5.74, 6) is 0.296. The first-order chi connectivity index (χ1) is 12.4. The van der Waals surface area contributed by atoms with Gasteiger partial charge in [-0.1, -0.05) is 65.0 Å². The first kappa shape index (κ1) is 25.8. The van der Waals surface area contributed by atoms with Gasteiger partial charge in [-0.05, 0) is 43.3 Å². The molecule has 0 aliphatic rings. The van der Waals surface area contributed by atoms with Gasteiger partial charge < -0.3 is 4.43 Å². The van der Waals surface area contributed by atoms with Gasteiger partial charge >= 0.3 is 0 Å². The molecule has 0 bridgehead atoms. The van der Waals surface area contributed by atoms with E-state index < -0.39 is 8.32 Å². The Labute approximate surface area is 168 Å². The average Bonchev–Trinajstić information content (AvgIpc) is 2.58. The Morgan fingerprint density at radius 3 is 2.26 bits per heavy atom. The number of hydrogen-bond acceptors (Lipinski definition) is 3. The fourth-order valence-corrected chi connectivity index (χ4v) is 3.90. The smallest absolute Gasteiger partial charge is 0.269 e. The number of likely N-dealkylation sites (N-methyl/N-ethyl adjacent to an activating group) is 1. The maximum Gasteiger partial charge on any atom is 0.269 e. The van der Waals surface area contributed by atoms with Gasteiger partial charge in [0.2, 0.25) is 0 Å². The molecule has 0 spiro atoms. The van der Waals surface area contributed by atoms with Crippen molar-refractivity contribution >= 4 is 14.2 Å². The lowest BCUT2D eigenvalue weighted by atomic mass is 9.90. The van der Waals surface area contributed by atoms with Crippen molar-refractivity contribution in [2.24, 2.45) is 11.8 Å². The van der Waals surface area contributed by atoms with E-state index in [2.05, 4.69) is 59.9 Å². The summed E-state index contributed by atoms with van der Waals surface area (Å²) in [7, 11) is 1.17. The quantitative estimate of drug-likeness (QED) is 0.205. The second kappa shape index (κ2) is 11.6. The second-order valence-electron chi connectivity index (χ2n) is 8.75. The number of rotatable bonds is 10. The monoisotopic (exact) mass is 395 g/mol. The summed E-state index contributed by atoms with van der Waals surface area (Å²) in [4.78, 5) is 17.0.